The Labute approximate surface area is 143 Å². The first-order valence-corrected chi connectivity index (χ1v) is 8.75. The van der Waals surface area contributed by atoms with E-state index >= 15 is 0 Å². The number of rotatable bonds is 4. The van der Waals surface area contributed by atoms with E-state index in [9.17, 15) is 4.79 Å². The van der Waals surface area contributed by atoms with Crippen LogP contribution in [0.1, 0.15) is 63.2 Å². The van der Waals surface area contributed by atoms with Crippen LogP contribution in [0.3, 0.4) is 0 Å². The molecule has 1 aromatic carbocycles. The third kappa shape index (κ3) is 3.55. The average molecular weight is 330 g/mol. The van der Waals surface area contributed by atoms with Crippen molar-refractivity contribution in [1.82, 2.24) is 5.43 Å². The van der Waals surface area contributed by atoms with E-state index in [1.807, 2.05) is 0 Å². The minimum Gasteiger partial charge on any atom is -0.454 e. The first-order chi connectivity index (χ1) is 11.5. The van der Waals surface area contributed by atoms with Gasteiger partial charge < -0.3 is 9.47 Å². The lowest BCUT2D eigenvalue weighted by atomic mass is 9.69. The smallest absolute Gasteiger partial charge is 0.271 e. The second-order valence-electron chi connectivity index (χ2n) is 7.30. The van der Waals surface area contributed by atoms with Crippen molar-refractivity contribution in [1.29, 1.82) is 0 Å². The molecule has 0 radical (unpaired) electrons. The summed E-state index contributed by atoms with van der Waals surface area (Å²) in [6.07, 6.45) is 5.44. The molecule has 2 aliphatic rings. The lowest BCUT2D eigenvalue weighted by Gasteiger charge is -2.36. The molecule has 0 atom stereocenters. The summed E-state index contributed by atoms with van der Waals surface area (Å²) in [6.45, 7) is 7.16. The molecule has 1 amide bonds. The van der Waals surface area contributed by atoms with Crippen molar-refractivity contribution in [3.05, 3.63) is 23.8 Å². The second kappa shape index (κ2) is 6.83. The van der Waals surface area contributed by atoms with Crippen LogP contribution in [0.25, 0.3) is 0 Å². The Morgan fingerprint density at radius 2 is 1.96 bits per heavy atom. The Bertz CT molecular complexity index is 642. The van der Waals surface area contributed by atoms with Crippen molar-refractivity contribution < 1.29 is 14.3 Å². The lowest BCUT2D eigenvalue weighted by Crippen LogP contribution is -2.29. The maximum atomic E-state index is 12.2. The number of hydrogen-bond acceptors (Lipinski definition) is 4. The fourth-order valence-corrected chi connectivity index (χ4v) is 3.37. The lowest BCUT2D eigenvalue weighted by molar-refractivity contribution is 0.0953. The van der Waals surface area contributed by atoms with E-state index < -0.39 is 0 Å². The molecule has 24 heavy (non-hydrogen) atoms. The molecule has 1 aromatic rings. The molecule has 3 rings (SSSR count). The second-order valence-corrected chi connectivity index (χ2v) is 7.30. The van der Waals surface area contributed by atoms with Crippen molar-refractivity contribution in [2.75, 3.05) is 6.79 Å². The number of nitrogens with one attached hydrogen (secondary N) is 1. The van der Waals surface area contributed by atoms with Crippen molar-refractivity contribution in [2.24, 2.45) is 16.4 Å². The number of hydrogen-bond donors (Lipinski definition) is 1. The van der Waals surface area contributed by atoms with Crippen molar-refractivity contribution >= 4 is 11.6 Å². The summed E-state index contributed by atoms with van der Waals surface area (Å²) in [5.41, 5.74) is 4.69. The Morgan fingerprint density at radius 1 is 1.25 bits per heavy atom. The third-order valence-electron chi connectivity index (χ3n) is 5.53. The molecule has 5 nitrogen and oxygen atoms in total. The molecule has 5 heteroatoms. The van der Waals surface area contributed by atoms with Gasteiger partial charge in [-0.2, -0.15) is 5.10 Å². The Kier molecular flexibility index (Phi) is 4.78. The van der Waals surface area contributed by atoms with Crippen LogP contribution in [-0.2, 0) is 0 Å². The summed E-state index contributed by atoms with van der Waals surface area (Å²) in [4.78, 5) is 12.2. The number of hydrazone groups is 1. The zero-order chi connectivity index (χ0) is 17.2. The van der Waals surface area contributed by atoms with Crippen molar-refractivity contribution in [3.63, 3.8) is 0 Å². The van der Waals surface area contributed by atoms with Crippen molar-refractivity contribution in [3.8, 4) is 11.5 Å². The normalized spacial score (nSPS) is 20.0. The Hall–Kier alpha value is -2.04. The van der Waals surface area contributed by atoms with Gasteiger partial charge in [0.25, 0.3) is 5.91 Å². The van der Waals surface area contributed by atoms with E-state index in [4.69, 9.17) is 9.47 Å². The summed E-state index contributed by atoms with van der Waals surface area (Å²) < 4.78 is 10.6. The largest absolute Gasteiger partial charge is 0.454 e. The minimum absolute atomic E-state index is 0.206. The number of carbonyl (C=O) groups is 1. The maximum Gasteiger partial charge on any atom is 0.271 e. The molecule has 0 bridgehead atoms. The highest BCUT2D eigenvalue weighted by atomic mass is 16.7. The third-order valence-corrected chi connectivity index (χ3v) is 5.53. The molecule has 1 aliphatic carbocycles. The molecule has 1 heterocycles. The van der Waals surface area contributed by atoms with Crippen LogP contribution in [0.2, 0.25) is 0 Å². The minimum atomic E-state index is -0.211. The molecule has 1 aliphatic heterocycles. The fourth-order valence-electron chi connectivity index (χ4n) is 3.37. The number of fused-ring (bicyclic) bond motifs is 1. The molecule has 1 N–H and O–H groups in total. The summed E-state index contributed by atoms with van der Waals surface area (Å²) >= 11 is 0. The number of ether oxygens (including phenoxy) is 2. The molecule has 0 saturated heterocycles. The predicted molar refractivity (Wildman–Crippen MR) is 93.5 cm³/mol. The van der Waals surface area contributed by atoms with Crippen LogP contribution in [0.5, 0.6) is 11.5 Å². The van der Waals surface area contributed by atoms with Gasteiger partial charge in [-0.1, -0.05) is 27.2 Å². The molecule has 0 aromatic heterocycles. The van der Waals surface area contributed by atoms with Crippen LogP contribution >= 0.6 is 0 Å². The number of amides is 1. The van der Waals surface area contributed by atoms with E-state index in [0.29, 0.717) is 22.5 Å². The topological polar surface area (TPSA) is 59.9 Å². The van der Waals surface area contributed by atoms with Gasteiger partial charge in [-0.25, -0.2) is 5.43 Å². The first-order valence-electron chi connectivity index (χ1n) is 8.75. The Morgan fingerprint density at radius 3 is 2.67 bits per heavy atom. The van der Waals surface area contributed by atoms with Gasteiger partial charge in [0.05, 0.1) is 0 Å². The molecule has 0 spiro atoms. The van der Waals surface area contributed by atoms with Gasteiger partial charge in [-0.05, 0) is 55.2 Å². The Balaban J connectivity index is 1.56. The summed E-state index contributed by atoms with van der Waals surface area (Å²) in [5, 5.41) is 4.34. The van der Waals surface area contributed by atoms with Gasteiger partial charge in [0, 0.05) is 11.3 Å². The highest BCUT2D eigenvalue weighted by Gasteiger charge is 2.30. The molecular weight excluding hydrogens is 304 g/mol. The van der Waals surface area contributed by atoms with Crippen LogP contribution in [0.15, 0.2) is 23.3 Å². The summed E-state index contributed by atoms with van der Waals surface area (Å²) in [7, 11) is 0. The summed E-state index contributed by atoms with van der Waals surface area (Å²) in [6, 6.07) is 5.17. The monoisotopic (exact) mass is 330 g/mol. The van der Waals surface area contributed by atoms with E-state index in [2.05, 4.69) is 31.3 Å². The van der Waals surface area contributed by atoms with E-state index in [1.165, 1.54) is 6.42 Å². The predicted octanol–water partition coefficient (Wildman–Crippen LogP) is 4.13. The van der Waals surface area contributed by atoms with Gasteiger partial charge in [0.15, 0.2) is 11.5 Å². The van der Waals surface area contributed by atoms with Gasteiger partial charge in [-0.3, -0.25) is 4.79 Å². The zero-order valence-electron chi connectivity index (χ0n) is 14.7. The average Bonchev–Trinajstić information content (AvgIpc) is 3.07. The number of benzene rings is 1. The summed E-state index contributed by atoms with van der Waals surface area (Å²) in [5.74, 6) is 1.81. The highest BCUT2D eigenvalue weighted by molar-refractivity contribution is 5.96. The van der Waals surface area contributed by atoms with Crippen LogP contribution in [0.4, 0.5) is 0 Å². The van der Waals surface area contributed by atoms with Gasteiger partial charge >= 0.3 is 0 Å². The molecule has 1 saturated carbocycles. The van der Waals surface area contributed by atoms with Crippen LogP contribution in [0, 0.1) is 11.3 Å². The molecule has 1 fully saturated rings. The molecule has 0 unspecified atom stereocenters. The molecule has 130 valence electrons. The van der Waals surface area contributed by atoms with E-state index in [0.717, 1.165) is 37.3 Å². The highest BCUT2D eigenvalue weighted by Crippen LogP contribution is 2.39. The quantitative estimate of drug-likeness (QED) is 0.845. The van der Waals surface area contributed by atoms with Gasteiger partial charge in [0.1, 0.15) is 0 Å². The van der Waals surface area contributed by atoms with Crippen LogP contribution in [-0.4, -0.2) is 18.4 Å². The van der Waals surface area contributed by atoms with Gasteiger partial charge in [0.2, 0.25) is 6.79 Å². The first kappa shape index (κ1) is 16.8. The fraction of sp³-hybridized carbons (Fsp3) is 0.579. The SMILES string of the molecule is CCC(C)(C)C1CCC(=NNC(=O)c2ccc3c(c2)OCO3)CC1. The maximum absolute atomic E-state index is 12.2. The number of nitrogens with zero attached hydrogens (tertiary/aromatic N) is 1. The zero-order valence-corrected chi connectivity index (χ0v) is 14.7. The van der Waals surface area contributed by atoms with Gasteiger partial charge in [-0.15, -0.1) is 0 Å². The van der Waals surface area contributed by atoms with Crippen molar-refractivity contribution in [2.45, 2.75) is 52.9 Å². The standard InChI is InChI=1S/C19H26N2O3/c1-4-19(2,3)14-6-8-15(9-7-14)20-21-18(22)13-5-10-16-17(11-13)24-12-23-16/h5,10-11,14H,4,6-9,12H2,1-3H3,(H,21,22). The van der Waals surface area contributed by atoms with Crippen LogP contribution < -0.4 is 14.9 Å². The van der Waals surface area contributed by atoms with E-state index in [1.54, 1.807) is 18.2 Å². The molecular formula is C19H26N2O3. The van der Waals surface area contributed by atoms with E-state index in [-0.39, 0.29) is 12.7 Å². The number of carbonyl (C=O) groups excluding carboxylic acids is 1.